The van der Waals surface area contributed by atoms with E-state index < -0.39 is 0 Å². The van der Waals surface area contributed by atoms with Crippen LogP contribution in [-0.4, -0.2) is 15.9 Å². The number of amides is 1. The van der Waals surface area contributed by atoms with E-state index >= 15 is 0 Å². The Bertz CT molecular complexity index is 608. The number of carbonyl (C=O) groups excluding carboxylic acids is 1. The van der Waals surface area contributed by atoms with Crippen LogP contribution in [0.3, 0.4) is 0 Å². The van der Waals surface area contributed by atoms with Gasteiger partial charge in [-0.25, -0.2) is 9.97 Å². The van der Waals surface area contributed by atoms with Crippen molar-refractivity contribution >= 4 is 17.3 Å². The van der Waals surface area contributed by atoms with Crippen molar-refractivity contribution in [3.8, 4) is 0 Å². The summed E-state index contributed by atoms with van der Waals surface area (Å²) in [5, 5.41) is 6.15. The minimum atomic E-state index is -0.0243. The van der Waals surface area contributed by atoms with Crippen LogP contribution in [0.5, 0.6) is 0 Å². The molecule has 0 saturated heterocycles. The zero-order valence-electron chi connectivity index (χ0n) is 12.6. The third kappa shape index (κ3) is 4.56. The van der Waals surface area contributed by atoms with E-state index in [1.54, 1.807) is 6.20 Å². The van der Waals surface area contributed by atoms with Crippen LogP contribution in [-0.2, 0) is 11.3 Å². The standard InChI is InChI=1S/C16H20N4O/c1-11(2)16(21)20-14-6-4-13(5-7-14)18-10-15-8-9-17-12(3)19-15/h4-9,11,18H,10H2,1-3H3,(H,20,21). The molecule has 1 heterocycles. The van der Waals surface area contributed by atoms with Crippen molar-refractivity contribution in [3.63, 3.8) is 0 Å². The molecular weight excluding hydrogens is 264 g/mol. The number of benzene rings is 1. The molecule has 0 saturated carbocycles. The summed E-state index contributed by atoms with van der Waals surface area (Å²) in [7, 11) is 0. The number of carbonyl (C=O) groups is 1. The van der Waals surface area contributed by atoms with Gasteiger partial charge in [0.25, 0.3) is 0 Å². The molecule has 2 N–H and O–H groups in total. The van der Waals surface area contributed by atoms with Crippen LogP contribution in [0.15, 0.2) is 36.5 Å². The molecule has 2 rings (SSSR count). The summed E-state index contributed by atoms with van der Waals surface area (Å²) in [6.07, 6.45) is 1.75. The van der Waals surface area contributed by atoms with Crippen molar-refractivity contribution in [2.24, 2.45) is 5.92 Å². The molecule has 0 aliphatic heterocycles. The molecule has 0 radical (unpaired) electrons. The second kappa shape index (κ2) is 6.83. The van der Waals surface area contributed by atoms with Crippen LogP contribution in [0.4, 0.5) is 11.4 Å². The molecule has 5 heteroatoms. The summed E-state index contributed by atoms with van der Waals surface area (Å²) in [5.41, 5.74) is 2.73. The van der Waals surface area contributed by atoms with E-state index in [4.69, 9.17) is 0 Å². The van der Waals surface area contributed by atoms with Gasteiger partial charge in [0.1, 0.15) is 5.82 Å². The molecule has 2 aromatic rings. The fourth-order valence-electron chi connectivity index (χ4n) is 1.75. The fourth-order valence-corrected chi connectivity index (χ4v) is 1.75. The number of aryl methyl sites for hydroxylation is 1. The van der Waals surface area contributed by atoms with Gasteiger partial charge in [-0.3, -0.25) is 4.79 Å². The maximum absolute atomic E-state index is 11.6. The van der Waals surface area contributed by atoms with Crippen molar-refractivity contribution in [3.05, 3.63) is 48.0 Å². The Morgan fingerprint density at radius 3 is 2.43 bits per heavy atom. The molecule has 0 aliphatic rings. The predicted molar refractivity (Wildman–Crippen MR) is 84.0 cm³/mol. The largest absolute Gasteiger partial charge is 0.379 e. The topological polar surface area (TPSA) is 66.9 Å². The Hall–Kier alpha value is -2.43. The van der Waals surface area contributed by atoms with Gasteiger partial charge in [0.05, 0.1) is 12.2 Å². The highest BCUT2D eigenvalue weighted by Gasteiger charge is 2.06. The second-order valence-electron chi connectivity index (χ2n) is 5.17. The van der Waals surface area contributed by atoms with Crippen molar-refractivity contribution < 1.29 is 4.79 Å². The Morgan fingerprint density at radius 2 is 1.81 bits per heavy atom. The highest BCUT2D eigenvalue weighted by Crippen LogP contribution is 2.15. The van der Waals surface area contributed by atoms with Crippen LogP contribution in [0.1, 0.15) is 25.4 Å². The van der Waals surface area contributed by atoms with Crippen LogP contribution in [0.2, 0.25) is 0 Å². The Balaban J connectivity index is 1.92. The summed E-state index contributed by atoms with van der Waals surface area (Å²) >= 11 is 0. The number of hydrogen-bond acceptors (Lipinski definition) is 4. The Labute approximate surface area is 124 Å². The third-order valence-corrected chi connectivity index (χ3v) is 2.98. The SMILES string of the molecule is Cc1nccc(CNc2ccc(NC(=O)C(C)C)cc2)n1. The van der Waals surface area contributed by atoms with Crippen molar-refractivity contribution in [1.82, 2.24) is 9.97 Å². The van der Waals surface area contributed by atoms with Gasteiger partial charge in [0, 0.05) is 23.5 Å². The fraction of sp³-hybridized carbons (Fsp3) is 0.312. The first-order valence-corrected chi connectivity index (χ1v) is 6.98. The van der Waals surface area contributed by atoms with E-state index in [1.807, 2.05) is 51.1 Å². The predicted octanol–water partition coefficient (Wildman–Crippen LogP) is 2.99. The smallest absolute Gasteiger partial charge is 0.226 e. The zero-order chi connectivity index (χ0) is 15.2. The van der Waals surface area contributed by atoms with Gasteiger partial charge >= 0.3 is 0 Å². The molecule has 0 spiro atoms. The van der Waals surface area contributed by atoms with Crippen LogP contribution < -0.4 is 10.6 Å². The number of hydrogen-bond donors (Lipinski definition) is 2. The Kier molecular flexibility index (Phi) is 4.87. The van der Waals surface area contributed by atoms with E-state index in [-0.39, 0.29) is 11.8 Å². The summed E-state index contributed by atoms with van der Waals surface area (Å²) in [4.78, 5) is 20.0. The molecule has 0 bridgehead atoms. The number of nitrogens with one attached hydrogen (secondary N) is 2. The van der Waals surface area contributed by atoms with Crippen LogP contribution in [0, 0.1) is 12.8 Å². The molecule has 110 valence electrons. The van der Waals surface area contributed by atoms with Crippen molar-refractivity contribution in [1.29, 1.82) is 0 Å². The highest BCUT2D eigenvalue weighted by molar-refractivity contribution is 5.92. The lowest BCUT2D eigenvalue weighted by Crippen LogP contribution is -2.17. The van der Waals surface area contributed by atoms with Gasteiger partial charge in [0.15, 0.2) is 0 Å². The highest BCUT2D eigenvalue weighted by atomic mass is 16.1. The maximum Gasteiger partial charge on any atom is 0.226 e. The molecular formula is C16H20N4O. The number of anilines is 2. The van der Waals surface area contributed by atoms with E-state index in [9.17, 15) is 4.79 Å². The van der Waals surface area contributed by atoms with E-state index in [0.717, 1.165) is 22.9 Å². The van der Waals surface area contributed by atoms with E-state index in [0.29, 0.717) is 6.54 Å². The summed E-state index contributed by atoms with van der Waals surface area (Å²) in [6.45, 7) is 6.25. The lowest BCUT2D eigenvalue weighted by Gasteiger charge is -2.10. The zero-order valence-corrected chi connectivity index (χ0v) is 12.6. The molecule has 5 nitrogen and oxygen atoms in total. The lowest BCUT2D eigenvalue weighted by atomic mass is 10.2. The molecule has 1 aromatic carbocycles. The van der Waals surface area contributed by atoms with Crippen LogP contribution in [0.25, 0.3) is 0 Å². The molecule has 1 aromatic heterocycles. The first kappa shape index (κ1) is 15.0. The van der Waals surface area contributed by atoms with Crippen LogP contribution >= 0.6 is 0 Å². The van der Waals surface area contributed by atoms with E-state index in [2.05, 4.69) is 20.6 Å². The number of aromatic nitrogens is 2. The average Bonchev–Trinajstić information content (AvgIpc) is 2.46. The third-order valence-electron chi connectivity index (χ3n) is 2.98. The molecule has 21 heavy (non-hydrogen) atoms. The average molecular weight is 284 g/mol. The molecule has 1 amide bonds. The molecule has 0 unspecified atom stereocenters. The quantitative estimate of drug-likeness (QED) is 0.885. The van der Waals surface area contributed by atoms with Crippen molar-refractivity contribution in [2.45, 2.75) is 27.3 Å². The maximum atomic E-state index is 11.6. The first-order valence-electron chi connectivity index (χ1n) is 6.98. The monoisotopic (exact) mass is 284 g/mol. The minimum absolute atomic E-state index is 0.0205. The van der Waals surface area contributed by atoms with E-state index in [1.165, 1.54) is 0 Å². The Morgan fingerprint density at radius 1 is 1.14 bits per heavy atom. The molecule has 0 atom stereocenters. The summed E-state index contributed by atoms with van der Waals surface area (Å²) < 4.78 is 0. The van der Waals surface area contributed by atoms with Gasteiger partial charge in [0.2, 0.25) is 5.91 Å². The minimum Gasteiger partial charge on any atom is -0.379 e. The summed E-state index contributed by atoms with van der Waals surface area (Å²) in [5.74, 6) is 0.761. The first-order chi connectivity index (χ1) is 10.0. The molecule has 0 aliphatic carbocycles. The van der Waals surface area contributed by atoms with Gasteiger partial charge < -0.3 is 10.6 Å². The number of rotatable bonds is 5. The van der Waals surface area contributed by atoms with Gasteiger partial charge in [-0.1, -0.05) is 13.8 Å². The second-order valence-corrected chi connectivity index (χ2v) is 5.17. The summed E-state index contributed by atoms with van der Waals surface area (Å²) in [6, 6.07) is 9.52. The van der Waals surface area contributed by atoms with Gasteiger partial charge in [-0.05, 0) is 37.3 Å². The molecule has 0 fully saturated rings. The van der Waals surface area contributed by atoms with Crippen molar-refractivity contribution in [2.75, 3.05) is 10.6 Å². The normalized spacial score (nSPS) is 10.5. The van der Waals surface area contributed by atoms with Gasteiger partial charge in [-0.15, -0.1) is 0 Å². The van der Waals surface area contributed by atoms with Gasteiger partial charge in [-0.2, -0.15) is 0 Å². The lowest BCUT2D eigenvalue weighted by molar-refractivity contribution is -0.118. The number of nitrogens with zero attached hydrogens (tertiary/aromatic N) is 2.